The maximum atomic E-state index is 16.3. The predicted molar refractivity (Wildman–Crippen MR) is 239 cm³/mol. The molecule has 1 aliphatic rings. The smallest absolute Gasteiger partial charge is 0.421 e. The van der Waals surface area contributed by atoms with Crippen LogP contribution < -0.4 is 10.0 Å². The number of unbranched alkanes of at least 4 members (excludes halogenated alkanes) is 3. The Balaban J connectivity index is 2.07. The first-order valence-electron chi connectivity index (χ1n) is 21.3. The lowest BCUT2D eigenvalue weighted by molar-refractivity contribution is -0.278. The minimum atomic E-state index is -2.12. The number of methoxy groups -OCH3 is 1. The second-order valence-electron chi connectivity index (χ2n) is 17.8. The topological polar surface area (TPSA) is 127 Å². The number of hydrogen-bond acceptors (Lipinski definition) is 8. The molecule has 1 aromatic heterocycles. The monoisotopic (exact) mass is 838 g/mol. The van der Waals surface area contributed by atoms with Gasteiger partial charge in [-0.1, -0.05) is 107 Å². The van der Waals surface area contributed by atoms with Gasteiger partial charge in [0.1, 0.15) is 16.6 Å². The summed E-state index contributed by atoms with van der Waals surface area (Å²) < 4.78 is 18.5. The number of carbonyl (C=O) groups is 4. The Morgan fingerprint density at radius 3 is 1.82 bits per heavy atom. The summed E-state index contributed by atoms with van der Waals surface area (Å²) in [7, 11) is -0.769. The number of para-hydroxylation sites is 2. The Hall–Kier alpha value is -4.95. The fraction of sp³-hybridized carbons (Fsp3) is 0.469. The van der Waals surface area contributed by atoms with Crippen LogP contribution in [0.25, 0.3) is 10.9 Å². The summed E-state index contributed by atoms with van der Waals surface area (Å²) in [6.07, 6.45) is 6.61. The van der Waals surface area contributed by atoms with E-state index in [1.54, 1.807) is 90.1 Å². The molecule has 1 aliphatic heterocycles. The van der Waals surface area contributed by atoms with Gasteiger partial charge in [-0.25, -0.2) is 19.3 Å². The molecule has 0 aliphatic carbocycles. The van der Waals surface area contributed by atoms with E-state index in [1.165, 1.54) is 7.11 Å². The molecule has 2 unspecified atom stereocenters. The van der Waals surface area contributed by atoms with Crippen LogP contribution in [0.15, 0.2) is 90.3 Å². The van der Waals surface area contributed by atoms with E-state index in [-0.39, 0.29) is 22.3 Å². The molecular weight excluding hydrogens is 776 g/mol. The molecule has 0 radical (unpaired) electrons. The molecule has 60 heavy (non-hydrogen) atoms. The van der Waals surface area contributed by atoms with E-state index in [0.717, 1.165) is 66.5 Å². The first kappa shape index (κ1) is 46.1. The Bertz CT molecular complexity index is 2190. The molecule has 0 fully saturated rings. The Kier molecular flexibility index (Phi) is 14.4. The lowest BCUT2D eigenvalue weighted by Gasteiger charge is -2.40. The van der Waals surface area contributed by atoms with Crippen LogP contribution in [-0.4, -0.2) is 65.4 Å². The van der Waals surface area contributed by atoms with Crippen molar-refractivity contribution < 1.29 is 38.5 Å². The third-order valence-corrected chi connectivity index (χ3v) is 15.5. The fourth-order valence-electron chi connectivity index (χ4n) is 8.56. The summed E-state index contributed by atoms with van der Waals surface area (Å²) >= 11 is 0. The molecule has 0 saturated heterocycles. The van der Waals surface area contributed by atoms with Crippen LogP contribution in [0.3, 0.4) is 0 Å². The van der Waals surface area contributed by atoms with E-state index in [9.17, 15) is 14.4 Å². The summed E-state index contributed by atoms with van der Waals surface area (Å²) in [6.45, 7) is 16.8. The highest BCUT2D eigenvalue weighted by atomic mass is 31.2. The maximum Gasteiger partial charge on any atom is 0.421 e. The molecule has 5 rings (SSSR count). The van der Waals surface area contributed by atoms with E-state index in [4.69, 9.17) is 14.2 Å². The van der Waals surface area contributed by atoms with Crippen LogP contribution >= 0.6 is 7.26 Å². The first-order chi connectivity index (χ1) is 28.4. The molecule has 11 heteroatoms. The van der Waals surface area contributed by atoms with Crippen molar-refractivity contribution in [2.24, 2.45) is 0 Å². The molecule has 322 valence electrons. The molecule has 0 saturated carbocycles. The minimum absolute atomic E-state index is 0.0595. The summed E-state index contributed by atoms with van der Waals surface area (Å²) in [6, 6.07) is 22.8. The van der Waals surface area contributed by atoms with Crippen molar-refractivity contribution in [3.8, 4) is 5.88 Å². The van der Waals surface area contributed by atoms with Crippen molar-refractivity contribution in [1.82, 2.24) is 4.57 Å². The van der Waals surface area contributed by atoms with Gasteiger partial charge in [0.2, 0.25) is 0 Å². The summed E-state index contributed by atoms with van der Waals surface area (Å²) in [5, 5.41) is 15.9. The SMILES string of the molecule is CCCC[P+](/C=C(\C(=O)OC)C(c1ccccc1)C1(c2c([O-])n(C(=O)OC(C)(C)C)c3ccccc23)C(=O)N(C(=O)OC(C)(C)C)c2ccccc21)(CCCC)CCCC. The number of esters is 1. The van der Waals surface area contributed by atoms with Gasteiger partial charge in [0.25, 0.3) is 5.91 Å². The van der Waals surface area contributed by atoms with Gasteiger partial charge in [-0.15, -0.1) is 0 Å². The first-order valence-corrected chi connectivity index (χ1v) is 23.8. The van der Waals surface area contributed by atoms with Crippen molar-refractivity contribution in [1.29, 1.82) is 0 Å². The van der Waals surface area contributed by atoms with Gasteiger partial charge in [0, 0.05) is 18.6 Å². The van der Waals surface area contributed by atoms with Gasteiger partial charge >= 0.3 is 18.2 Å². The Morgan fingerprint density at radius 1 is 0.750 bits per heavy atom. The third-order valence-electron chi connectivity index (χ3n) is 11.1. The average molecular weight is 839 g/mol. The van der Waals surface area contributed by atoms with Crippen molar-refractivity contribution in [2.45, 2.75) is 123 Å². The standard InChI is InChI=1S/C49H63N2O8P/c1-11-14-30-60(31-15-12-2,32-16-13-3)33-36(43(53)57-10)40(34-24-18-17-19-25-34)49(37-27-21-23-29-39(37)51(44(49)54)46(56)59-48(7,8)9)41-35-26-20-22-28-38(35)50(42(41)52)45(55)58-47(4,5)6/h17-29,33,40H,11-16,30-32H2,1-10H3/b36-33-. The molecule has 2 atom stereocenters. The number of fused-ring (bicyclic) bond motifs is 2. The second-order valence-corrected chi connectivity index (χ2v) is 21.9. The van der Waals surface area contributed by atoms with Gasteiger partial charge in [-0.3, -0.25) is 9.36 Å². The van der Waals surface area contributed by atoms with Crippen LogP contribution in [-0.2, 0) is 29.2 Å². The molecule has 0 N–H and O–H groups in total. The second kappa shape index (κ2) is 18.8. The normalized spacial score (nSPS) is 16.5. The lowest BCUT2D eigenvalue weighted by Crippen LogP contribution is -2.50. The van der Waals surface area contributed by atoms with Gasteiger partial charge in [0.05, 0.1) is 48.2 Å². The molecule has 0 bridgehead atoms. The highest BCUT2D eigenvalue weighted by molar-refractivity contribution is 7.78. The van der Waals surface area contributed by atoms with Crippen molar-refractivity contribution in [3.05, 3.63) is 107 Å². The Morgan fingerprint density at radius 2 is 1.27 bits per heavy atom. The number of rotatable bonds is 15. The van der Waals surface area contributed by atoms with E-state index in [2.05, 4.69) is 26.6 Å². The fourth-order valence-corrected chi connectivity index (χ4v) is 13.3. The number of imide groups is 1. The maximum absolute atomic E-state index is 16.3. The number of benzene rings is 3. The zero-order valence-corrected chi connectivity index (χ0v) is 38.0. The minimum Gasteiger partial charge on any atom is -0.859 e. The highest BCUT2D eigenvalue weighted by Gasteiger charge is 2.63. The van der Waals surface area contributed by atoms with Gasteiger partial charge < -0.3 is 19.3 Å². The van der Waals surface area contributed by atoms with E-state index in [1.807, 2.05) is 30.3 Å². The van der Waals surface area contributed by atoms with Crippen LogP contribution in [0.5, 0.6) is 5.88 Å². The Labute approximate surface area is 356 Å². The summed E-state index contributed by atoms with van der Waals surface area (Å²) in [5.74, 6) is -1.29. The number of aromatic nitrogens is 1. The molecular formula is C49H63N2O8P. The lowest BCUT2D eigenvalue weighted by atomic mass is 9.61. The van der Waals surface area contributed by atoms with E-state index in [0.29, 0.717) is 16.5 Å². The van der Waals surface area contributed by atoms with Crippen molar-refractivity contribution in [2.75, 3.05) is 30.5 Å². The van der Waals surface area contributed by atoms with Crippen LogP contribution in [0.2, 0.25) is 0 Å². The summed E-state index contributed by atoms with van der Waals surface area (Å²) in [4.78, 5) is 61.0. The average Bonchev–Trinajstić information content (AvgIpc) is 3.64. The molecule has 10 nitrogen and oxygen atoms in total. The molecule has 0 spiro atoms. The number of hydrogen-bond donors (Lipinski definition) is 0. The molecule has 4 aromatic rings. The zero-order chi connectivity index (χ0) is 44.0. The van der Waals surface area contributed by atoms with Crippen LogP contribution in [0.1, 0.15) is 123 Å². The van der Waals surface area contributed by atoms with E-state index >= 15 is 9.90 Å². The van der Waals surface area contributed by atoms with E-state index < -0.39 is 59.7 Å². The quantitative estimate of drug-likeness (QED) is 0.0501. The molecule has 2 heterocycles. The molecule has 2 amide bonds. The number of anilines is 1. The zero-order valence-electron chi connectivity index (χ0n) is 37.1. The highest BCUT2D eigenvalue weighted by Crippen LogP contribution is 2.66. The third kappa shape index (κ3) is 9.19. The van der Waals surface area contributed by atoms with Gasteiger partial charge in [-0.2, -0.15) is 0 Å². The number of carbonyl (C=O) groups excluding carboxylic acids is 4. The number of ether oxygens (including phenoxy) is 3. The number of nitrogens with zero attached hydrogens (tertiary/aromatic N) is 2. The summed E-state index contributed by atoms with van der Waals surface area (Å²) in [5.41, 5.74) is -2.60. The largest absolute Gasteiger partial charge is 0.859 e. The van der Waals surface area contributed by atoms with Crippen molar-refractivity contribution >= 4 is 47.9 Å². The van der Waals surface area contributed by atoms with Crippen molar-refractivity contribution in [3.63, 3.8) is 0 Å². The van der Waals surface area contributed by atoms with Crippen LogP contribution in [0.4, 0.5) is 15.3 Å². The number of amides is 2. The molecule has 3 aromatic carbocycles. The van der Waals surface area contributed by atoms with Crippen LogP contribution in [0, 0.1) is 0 Å². The predicted octanol–water partition coefficient (Wildman–Crippen LogP) is 11.3. The van der Waals surface area contributed by atoms with Gasteiger partial charge in [0.15, 0.2) is 0 Å². The van der Waals surface area contributed by atoms with Gasteiger partial charge in [-0.05, 0) is 95.5 Å².